The first-order valence-electron chi connectivity index (χ1n) is 6.45. The molecule has 2 aromatic carbocycles. The molecule has 0 aromatic heterocycles. The highest BCUT2D eigenvalue weighted by molar-refractivity contribution is 14.1. The van der Waals surface area contributed by atoms with Crippen molar-refractivity contribution in [3.63, 3.8) is 0 Å². The maximum Gasteiger partial charge on any atom is 0.242 e. The SMILES string of the molecule is CC1(c2ccc(I)cc2)C(=O)Nc2cc(Cl)cc(Cl)c2C1=O. The average molecular weight is 446 g/mol. The molecule has 3 nitrogen and oxygen atoms in total. The van der Waals surface area contributed by atoms with Gasteiger partial charge in [-0.3, -0.25) is 9.59 Å². The van der Waals surface area contributed by atoms with Crippen LogP contribution in [-0.4, -0.2) is 11.7 Å². The van der Waals surface area contributed by atoms with E-state index >= 15 is 0 Å². The van der Waals surface area contributed by atoms with E-state index in [1.165, 1.54) is 12.1 Å². The molecule has 0 radical (unpaired) electrons. The van der Waals surface area contributed by atoms with E-state index in [1.54, 1.807) is 19.1 Å². The van der Waals surface area contributed by atoms with Gasteiger partial charge in [0.1, 0.15) is 5.41 Å². The number of Topliss-reactive ketones (excluding diaryl/α,β-unsaturated/α-hetero) is 1. The van der Waals surface area contributed by atoms with Gasteiger partial charge in [0.05, 0.1) is 16.3 Å². The summed E-state index contributed by atoms with van der Waals surface area (Å²) in [5, 5.41) is 3.36. The number of rotatable bonds is 1. The van der Waals surface area contributed by atoms with Crippen LogP contribution in [-0.2, 0) is 10.2 Å². The third kappa shape index (κ3) is 2.33. The van der Waals surface area contributed by atoms with Crippen LogP contribution >= 0.6 is 45.8 Å². The van der Waals surface area contributed by atoms with E-state index in [9.17, 15) is 9.59 Å². The molecule has 3 rings (SSSR count). The number of anilines is 1. The number of hydrogen-bond donors (Lipinski definition) is 1. The van der Waals surface area contributed by atoms with Crippen LogP contribution in [0.1, 0.15) is 22.8 Å². The summed E-state index contributed by atoms with van der Waals surface area (Å²) in [7, 11) is 0. The van der Waals surface area contributed by atoms with Gasteiger partial charge in [-0.25, -0.2) is 0 Å². The zero-order valence-electron chi connectivity index (χ0n) is 11.4. The Labute approximate surface area is 151 Å². The predicted molar refractivity (Wildman–Crippen MR) is 95.9 cm³/mol. The zero-order valence-corrected chi connectivity index (χ0v) is 15.1. The van der Waals surface area contributed by atoms with E-state index in [0.717, 1.165) is 3.57 Å². The molecular weight excluding hydrogens is 436 g/mol. The number of hydrogen-bond acceptors (Lipinski definition) is 2. The number of halogens is 3. The van der Waals surface area contributed by atoms with Gasteiger partial charge in [0.15, 0.2) is 5.78 Å². The van der Waals surface area contributed by atoms with Crippen LogP contribution in [0, 0.1) is 3.57 Å². The predicted octanol–water partition coefficient (Wildman–Crippen LogP) is 4.69. The van der Waals surface area contributed by atoms with Gasteiger partial charge in [-0.2, -0.15) is 0 Å². The highest BCUT2D eigenvalue weighted by Crippen LogP contribution is 2.41. The van der Waals surface area contributed by atoms with Crippen molar-refractivity contribution >= 4 is 63.2 Å². The Balaban J connectivity index is 2.20. The molecule has 0 saturated carbocycles. The van der Waals surface area contributed by atoms with Crippen molar-refractivity contribution in [3.8, 4) is 0 Å². The van der Waals surface area contributed by atoms with Gasteiger partial charge in [0.25, 0.3) is 0 Å². The number of amides is 1. The molecule has 1 aliphatic rings. The van der Waals surface area contributed by atoms with Gasteiger partial charge in [-0.1, -0.05) is 35.3 Å². The van der Waals surface area contributed by atoms with Gasteiger partial charge in [0, 0.05) is 8.59 Å². The molecule has 0 bridgehead atoms. The van der Waals surface area contributed by atoms with Crippen LogP contribution in [0.15, 0.2) is 36.4 Å². The van der Waals surface area contributed by atoms with Gasteiger partial charge in [-0.15, -0.1) is 0 Å². The first-order valence-corrected chi connectivity index (χ1v) is 8.29. The fourth-order valence-electron chi connectivity index (χ4n) is 2.55. The Kier molecular flexibility index (Phi) is 3.95. The zero-order chi connectivity index (χ0) is 16.1. The number of nitrogens with one attached hydrogen (secondary N) is 1. The molecule has 0 fully saturated rings. The number of carbonyl (C=O) groups is 2. The van der Waals surface area contributed by atoms with E-state index < -0.39 is 5.41 Å². The summed E-state index contributed by atoms with van der Waals surface area (Å²) in [6, 6.07) is 10.3. The summed E-state index contributed by atoms with van der Waals surface area (Å²) >= 11 is 14.3. The molecule has 112 valence electrons. The third-order valence-electron chi connectivity index (χ3n) is 3.86. The molecule has 0 aliphatic carbocycles. The largest absolute Gasteiger partial charge is 0.324 e. The summed E-state index contributed by atoms with van der Waals surface area (Å²) in [6.07, 6.45) is 0. The number of ketones is 1. The monoisotopic (exact) mass is 445 g/mol. The van der Waals surface area contributed by atoms with E-state index in [2.05, 4.69) is 27.9 Å². The summed E-state index contributed by atoms with van der Waals surface area (Å²) in [5.41, 5.74) is -0.0243. The third-order valence-corrected chi connectivity index (χ3v) is 5.10. The smallest absolute Gasteiger partial charge is 0.242 e. The number of carbonyl (C=O) groups excluding carboxylic acids is 2. The van der Waals surface area contributed by atoms with Gasteiger partial charge in [-0.05, 0) is 59.3 Å². The summed E-state index contributed by atoms with van der Waals surface area (Å²) in [6.45, 7) is 1.61. The maximum absolute atomic E-state index is 13.0. The fourth-order valence-corrected chi connectivity index (χ4v) is 3.49. The van der Waals surface area contributed by atoms with Gasteiger partial charge >= 0.3 is 0 Å². The molecule has 22 heavy (non-hydrogen) atoms. The first kappa shape index (κ1) is 15.8. The van der Waals surface area contributed by atoms with Gasteiger partial charge < -0.3 is 5.32 Å². The standard InChI is InChI=1S/C16H10Cl2INO2/c1-16(8-2-4-10(19)5-3-8)14(21)13-11(18)6-9(17)7-12(13)20-15(16)22/h2-7H,1H3,(H,20,22). The number of benzene rings is 2. The molecule has 1 N–H and O–H groups in total. The van der Waals surface area contributed by atoms with E-state index in [0.29, 0.717) is 21.8 Å². The van der Waals surface area contributed by atoms with Crippen molar-refractivity contribution in [1.82, 2.24) is 0 Å². The topological polar surface area (TPSA) is 46.2 Å². The Bertz CT molecular complexity index is 805. The maximum atomic E-state index is 13.0. The molecule has 1 aliphatic heterocycles. The summed E-state index contributed by atoms with van der Waals surface area (Å²) < 4.78 is 1.03. The van der Waals surface area contributed by atoms with Crippen molar-refractivity contribution in [2.24, 2.45) is 0 Å². The van der Waals surface area contributed by atoms with Crippen molar-refractivity contribution in [2.45, 2.75) is 12.3 Å². The van der Waals surface area contributed by atoms with Crippen molar-refractivity contribution in [2.75, 3.05) is 5.32 Å². The Hall–Kier alpha value is -1.11. The summed E-state index contributed by atoms with van der Waals surface area (Å²) in [4.78, 5) is 25.6. The second kappa shape index (κ2) is 5.51. The highest BCUT2D eigenvalue weighted by atomic mass is 127. The molecule has 0 saturated heterocycles. The first-order chi connectivity index (χ1) is 10.3. The lowest BCUT2D eigenvalue weighted by Gasteiger charge is -2.33. The lowest BCUT2D eigenvalue weighted by Crippen LogP contribution is -2.48. The fraction of sp³-hybridized carbons (Fsp3) is 0.125. The molecule has 1 heterocycles. The van der Waals surface area contributed by atoms with Crippen LogP contribution in [0.25, 0.3) is 0 Å². The highest BCUT2D eigenvalue weighted by Gasteiger charge is 2.48. The minimum Gasteiger partial charge on any atom is -0.324 e. The lowest BCUT2D eigenvalue weighted by atomic mass is 9.73. The Morgan fingerprint density at radius 1 is 1.09 bits per heavy atom. The molecule has 0 spiro atoms. The minimum absolute atomic E-state index is 0.240. The Morgan fingerprint density at radius 3 is 2.36 bits per heavy atom. The van der Waals surface area contributed by atoms with Crippen LogP contribution in [0.5, 0.6) is 0 Å². The van der Waals surface area contributed by atoms with Crippen molar-refractivity contribution in [3.05, 3.63) is 61.1 Å². The second-order valence-corrected chi connectivity index (χ2v) is 7.31. The second-order valence-electron chi connectivity index (χ2n) is 5.23. The van der Waals surface area contributed by atoms with E-state index in [4.69, 9.17) is 23.2 Å². The molecule has 2 aromatic rings. The van der Waals surface area contributed by atoms with Crippen LogP contribution in [0.2, 0.25) is 10.0 Å². The average Bonchev–Trinajstić information content (AvgIpc) is 2.44. The van der Waals surface area contributed by atoms with E-state index in [1.807, 2.05) is 12.1 Å². The number of fused-ring (bicyclic) bond motifs is 1. The normalized spacial score (nSPS) is 20.5. The summed E-state index contributed by atoms with van der Waals surface area (Å²) in [5.74, 6) is -0.710. The molecule has 1 unspecified atom stereocenters. The molecule has 6 heteroatoms. The van der Waals surface area contributed by atoms with Crippen LogP contribution < -0.4 is 5.32 Å². The van der Waals surface area contributed by atoms with Gasteiger partial charge in [0.2, 0.25) is 5.91 Å². The lowest BCUT2D eigenvalue weighted by molar-refractivity contribution is -0.119. The quantitative estimate of drug-likeness (QED) is 0.511. The molecule has 1 amide bonds. The molecular formula is C16H10Cl2INO2. The van der Waals surface area contributed by atoms with E-state index in [-0.39, 0.29) is 16.7 Å². The Morgan fingerprint density at radius 2 is 1.73 bits per heavy atom. The van der Waals surface area contributed by atoms with Crippen LogP contribution in [0.4, 0.5) is 5.69 Å². The van der Waals surface area contributed by atoms with Crippen molar-refractivity contribution < 1.29 is 9.59 Å². The molecule has 1 atom stereocenters. The van der Waals surface area contributed by atoms with Crippen molar-refractivity contribution in [1.29, 1.82) is 0 Å². The minimum atomic E-state index is -1.31. The van der Waals surface area contributed by atoms with Crippen LogP contribution in [0.3, 0.4) is 0 Å².